The van der Waals surface area contributed by atoms with Crippen molar-refractivity contribution in [2.75, 3.05) is 0 Å². The Bertz CT molecular complexity index is 691. The van der Waals surface area contributed by atoms with Crippen LogP contribution in [0.2, 0.25) is 5.02 Å². The normalized spacial score (nSPS) is 11.1. The number of fused-ring (bicyclic) bond motifs is 1. The average Bonchev–Trinajstić information content (AvgIpc) is 2.81. The van der Waals surface area contributed by atoms with E-state index in [1.54, 1.807) is 11.8 Å². The highest BCUT2D eigenvalue weighted by molar-refractivity contribution is 7.99. The van der Waals surface area contributed by atoms with Crippen LogP contribution in [0.15, 0.2) is 52.5 Å². The Hall–Kier alpha value is -1.49. The van der Waals surface area contributed by atoms with Crippen LogP contribution in [-0.4, -0.2) is 9.97 Å². The number of benzene rings is 2. The van der Waals surface area contributed by atoms with Crippen molar-refractivity contribution >= 4 is 34.4 Å². The molecule has 3 nitrogen and oxygen atoms in total. The third-order valence-corrected chi connectivity index (χ3v) is 4.05. The SMILES string of the molecule is NCc1ccc(Sc2nc3ccccc3[nH]2)cc1Cl. The molecule has 0 radical (unpaired) electrons. The Kier molecular flexibility index (Phi) is 3.46. The van der Waals surface area contributed by atoms with E-state index < -0.39 is 0 Å². The first-order valence-corrected chi connectivity index (χ1v) is 7.07. The van der Waals surface area contributed by atoms with Crippen LogP contribution in [0.5, 0.6) is 0 Å². The van der Waals surface area contributed by atoms with Crippen molar-refractivity contribution in [1.29, 1.82) is 0 Å². The molecule has 0 fully saturated rings. The van der Waals surface area contributed by atoms with Crippen molar-refractivity contribution < 1.29 is 0 Å². The quantitative estimate of drug-likeness (QED) is 0.770. The van der Waals surface area contributed by atoms with Gasteiger partial charge in [-0.2, -0.15) is 0 Å². The molecule has 0 bridgehead atoms. The van der Waals surface area contributed by atoms with Crippen molar-refractivity contribution in [2.45, 2.75) is 16.6 Å². The second-order valence-electron chi connectivity index (χ2n) is 4.12. The lowest BCUT2D eigenvalue weighted by Crippen LogP contribution is -1.96. The largest absolute Gasteiger partial charge is 0.333 e. The summed E-state index contributed by atoms with van der Waals surface area (Å²) in [4.78, 5) is 8.84. The van der Waals surface area contributed by atoms with E-state index >= 15 is 0 Å². The first kappa shape index (κ1) is 12.5. The topological polar surface area (TPSA) is 54.7 Å². The molecule has 0 aliphatic heterocycles. The molecule has 1 aromatic heterocycles. The maximum Gasteiger partial charge on any atom is 0.171 e. The molecule has 19 heavy (non-hydrogen) atoms. The van der Waals surface area contributed by atoms with Crippen LogP contribution in [0.25, 0.3) is 11.0 Å². The first-order chi connectivity index (χ1) is 9.26. The van der Waals surface area contributed by atoms with Crippen LogP contribution in [0.3, 0.4) is 0 Å². The summed E-state index contributed by atoms with van der Waals surface area (Å²) in [7, 11) is 0. The fourth-order valence-corrected chi connectivity index (χ4v) is 3.01. The molecule has 0 saturated carbocycles. The number of hydrogen-bond donors (Lipinski definition) is 2. The minimum Gasteiger partial charge on any atom is -0.333 e. The molecule has 96 valence electrons. The second kappa shape index (κ2) is 5.25. The second-order valence-corrected chi connectivity index (χ2v) is 5.59. The number of nitrogens with two attached hydrogens (primary N) is 1. The van der Waals surface area contributed by atoms with Gasteiger partial charge in [-0.3, -0.25) is 0 Å². The van der Waals surface area contributed by atoms with E-state index in [1.165, 1.54) is 0 Å². The van der Waals surface area contributed by atoms with Gasteiger partial charge in [0.1, 0.15) is 0 Å². The van der Waals surface area contributed by atoms with E-state index in [1.807, 2.05) is 42.5 Å². The smallest absolute Gasteiger partial charge is 0.171 e. The summed E-state index contributed by atoms with van der Waals surface area (Å²) in [6, 6.07) is 13.8. The lowest BCUT2D eigenvalue weighted by atomic mass is 10.2. The van der Waals surface area contributed by atoms with Crippen LogP contribution < -0.4 is 5.73 Å². The highest BCUT2D eigenvalue weighted by atomic mass is 35.5. The summed E-state index contributed by atoms with van der Waals surface area (Å²) >= 11 is 7.71. The zero-order valence-corrected chi connectivity index (χ0v) is 11.6. The van der Waals surface area contributed by atoms with Gasteiger partial charge in [-0.1, -0.05) is 41.6 Å². The summed E-state index contributed by atoms with van der Waals surface area (Å²) in [5, 5.41) is 1.56. The lowest BCUT2D eigenvalue weighted by Gasteiger charge is -2.03. The predicted molar refractivity (Wildman–Crippen MR) is 79.6 cm³/mol. The number of rotatable bonds is 3. The Morgan fingerprint density at radius 3 is 2.79 bits per heavy atom. The van der Waals surface area contributed by atoms with Gasteiger partial charge >= 0.3 is 0 Å². The molecule has 3 N–H and O–H groups in total. The van der Waals surface area contributed by atoms with Crippen molar-refractivity contribution in [1.82, 2.24) is 9.97 Å². The van der Waals surface area contributed by atoms with Crippen LogP contribution >= 0.6 is 23.4 Å². The minimum atomic E-state index is 0.453. The molecular formula is C14H12ClN3S. The van der Waals surface area contributed by atoms with Crippen LogP contribution in [0.4, 0.5) is 0 Å². The molecule has 3 aromatic rings. The Morgan fingerprint density at radius 2 is 2.05 bits per heavy atom. The molecule has 0 spiro atoms. The molecular weight excluding hydrogens is 278 g/mol. The average molecular weight is 290 g/mol. The molecule has 0 aliphatic rings. The van der Waals surface area contributed by atoms with Gasteiger partial charge in [0.25, 0.3) is 0 Å². The number of halogens is 1. The van der Waals surface area contributed by atoms with Gasteiger partial charge in [0, 0.05) is 16.5 Å². The fraction of sp³-hybridized carbons (Fsp3) is 0.0714. The Labute approximate surface area is 120 Å². The molecule has 2 aromatic carbocycles. The monoisotopic (exact) mass is 289 g/mol. The van der Waals surface area contributed by atoms with Gasteiger partial charge in [-0.05, 0) is 29.8 Å². The van der Waals surface area contributed by atoms with Crippen molar-refractivity contribution in [3.63, 3.8) is 0 Å². The zero-order valence-electron chi connectivity index (χ0n) is 10.1. The molecule has 1 heterocycles. The summed E-state index contributed by atoms with van der Waals surface area (Å²) in [6.07, 6.45) is 0. The number of nitrogens with zero attached hydrogens (tertiary/aromatic N) is 1. The van der Waals surface area contributed by atoms with E-state index in [4.69, 9.17) is 17.3 Å². The molecule has 0 saturated heterocycles. The van der Waals surface area contributed by atoms with E-state index in [2.05, 4.69) is 9.97 Å². The van der Waals surface area contributed by atoms with Gasteiger partial charge in [-0.15, -0.1) is 0 Å². The number of para-hydroxylation sites is 2. The molecule has 5 heteroatoms. The molecule has 0 amide bonds. The summed E-state index contributed by atoms with van der Waals surface area (Å²) in [5.41, 5.74) is 8.55. The highest BCUT2D eigenvalue weighted by Gasteiger charge is 2.06. The first-order valence-electron chi connectivity index (χ1n) is 5.87. The maximum atomic E-state index is 6.15. The number of nitrogens with one attached hydrogen (secondary N) is 1. The minimum absolute atomic E-state index is 0.453. The summed E-state index contributed by atoms with van der Waals surface area (Å²) in [6.45, 7) is 0.453. The standard InChI is InChI=1S/C14H12ClN3S/c15-11-7-10(6-5-9(11)8-16)19-14-17-12-3-1-2-4-13(12)18-14/h1-7H,8,16H2,(H,17,18). The maximum absolute atomic E-state index is 6.15. The number of aromatic amines is 1. The van der Waals surface area contributed by atoms with Crippen LogP contribution in [0.1, 0.15) is 5.56 Å². The van der Waals surface area contributed by atoms with Crippen molar-refractivity contribution in [3.8, 4) is 0 Å². The zero-order chi connectivity index (χ0) is 13.2. The fourth-order valence-electron chi connectivity index (χ4n) is 1.85. The van der Waals surface area contributed by atoms with E-state index in [9.17, 15) is 0 Å². The lowest BCUT2D eigenvalue weighted by molar-refractivity contribution is 1.06. The predicted octanol–water partition coefficient (Wildman–Crippen LogP) is 3.83. The third-order valence-electron chi connectivity index (χ3n) is 2.83. The third kappa shape index (κ3) is 2.61. The number of H-pyrrole nitrogens is 1. The van der Waals surface area contributed by atoms with Gasteiger partial charge in [0.15, 0.2) is 5.16 Å². The van der Waals surface area contributed by atoms with E-state index in [-0.39, 0.29) is 0 Å². The van der Waals surface area contributed by atoms with Gasteiger partial charge < -0.3 is 10.7 Å². The number of imidazole rings is 1. The molecule has 0 atom stereocenters. The summed E-state index contributed by atoms with van der Waals surface area (Å²) < 4.78 is 0. The van der Waals surface area contributed by atoms with Gasteiger partial charge in [0.05, 0.1) is 11.0 Å². The molecule has 3 rings (SSSR count). The Balaban J connectivity index is 1.90. The molecule has 0 aliphatic carbocycles. The van der Waals surface area contributed by atoms with Crippen LogP contribution in [-0.2, 0) is 6.54 Å². The van der Waals surface area contributed by atoms with E-state index in [0.717, 1.165) is 26.6 Å². The van der Waals surface area contributed by atoms with Crippen molar-refractivity contribution in [3.05, 3.63) is 53.1 Å². The number of hydrogen-bond acceptors (Lipinski definition) is 3. The summed E-state index contributed by atoms with van der Waals surface area (Å²) in [5.74, 6) is 0. The van der Waals surface area contributed by atoms with Gasteiger partial charge in [0.2, 0.25) is 0 Å². The van der Waals surface area contributed by atoms with Crippen molar-refractivity contribution in [2.24, 2.45) is 5.73 Å². The highest BCUT2D eigenvalue weighted by Crippen LogP contribution is 2.30. The van der Waals surface area contributed by atoms with E-state index in [0.29, 0.717) is 11.6 Å². The molecule has 0 unspecified atom stereocenters. The number of aromatic nitrogens is 2. The van der Waals surface area contributed by atoms with Gasteiger partial charge in [-0.25, -0.2) is 4.98 Å². The van der Waals surface area contributed by atoms with Crippen LogP contribution in [0, 0.1) is 0 Å². The Morgan fingerprint density at radius 1 is 1.21 bits per heavy atom.